The summed E-state index contributed by atoms with van der Waals surface area (Å²) in [6.45, 7) is 0.154. The SMILES string of the molecule is Cn1nc(CNC(=O)Nc2ccc(F)cc2)c2ccccc2c1=O. The molecule has 0 atom stereocenters. The van der Waals surface area contributed by atoms with Gasteiger partial charge in [0.25, 0.3) is 5.56 Å². The molecule has 0 aliphatic carbocycles. The first-order valence-electron chi connectivity index (χ1n) is 7.30. The van der Waals surface area contributed by atoms with Gasteiger partial charge in [-0.15, -0.1) is 0 Å². The van der Waals surface area contributed by atoms with Gasteiger partial charge in [-0.2, -0.15) is 5.10 Å². The fourth-order valence-corrected chi connectivity index (χ4v) is 2.38. The number of carbonyl (C=O) groups excluding carboxylic acids is 1. The van der Waals surface area contributed by atoms with Crippen molar-refractivity contribution in [3.05, 3.63) is 70.4 Å². The molecule has 0 fully saturated rings. The second kappa shape index (κ2) is 6.49. The zero-order chi connectivity index (χ0) is 17.1. The number of aromatic nitrogens is 2. The van der Waals surface area contributed by atoms with Crippen LogP contribution in [0.5, 0.6) is 0 Å². The van der Waals surface area contributed by atoms with Crippen LogP contribution in [0.4, 0.5) is 14.9 Å². The predicted molar refractivity (Wildman–Crippen MR) is 89.2 cm³/mol. The van der Waals surface area contributed by atoms with Gasteiger partial charge in [0.15, 0.2) is 0 Å². The molecule has 6 nitrogen and oxygen atoms in total. The summed E-state index contributed by atoms with van der Waals surface area (Å²) < 4.78 is 14.1. The Morgan fingerprint density at radius 2 is 1.79 bits per heavy atom. The Morgan fingerprint density at radius 3 is 2.50 bits per heavy atom. The Hall–Kier alpha value is -3.22. The zero-order valence-corrected chi connectivity index (χ0v) is 12.9. The molecule has 0 saturated carbocycles. The molecular formula is C17H15FN4O2. The summed E-state index contributed by atoms with van der Waals surface area (Å²) in [6, 6.07) is 12.1. The molecule has 0 radical (unpaired) electrons. The van der Waals surface area contributed by atoms with Crippen LogP contribution in [0.2, 0.25) is 0 Å². The maximum Gasteiger partial charge on any atom is 0.319 e. The third-order valence-corrected chi connectivity index (χ3v) is 3.55. The van der Waals surface area contributed by atoms with Gasteiger partial charge in [-0.1, -0.05) is 18.2 Å². The number of carbonyl (C=O) groups is 1. The van der Waals surface area contributed by atoms with Crippen LogP contribution in [0.1, 0.15) is 5.69 Å². The number of nitrogens with one attached hydrogen (secondary N) is 2. The maximum absolute atomic E-state index is 12.8. The lowest BCUT2D eigenvalue weighted by atomic mass is 10.1. The molecule has 2 amide bonds. The van der Waals surface area contributed by atoms with E-state index in [1.165, 1.54) is 28.9 Å². The maximum atomic E-state index is 12.8. The summed E-state index contributed by atoms with van der Waals surface area (Å²) in [5.41, 5.74) is 0.874. The van der Waals surface area contributed by atoms with E-state index in [1.807, 2.05) is 6.07 Å². The highest BCUT2D eigenvalue weighted by Gasteiger charge is 2.09. The summed E-state index contributed by atoms with van der Waals surface area (Å²) in [5, 5.41) is 10.7. The van der Waals surface area contributed by atoms with Gasteiger partial charge in [0.2, 0.25) is 0 Å². The Labute approximate surface area is 136 Å². The zero-order valence-electron chi connectivity index (χ0n) is 12.9. The number of anilines is 1. The minimum Gasteiger partial charge on any atom is -0.332 e. The molecule has 0 aliphatic rings. The Kier molecular flexibility index (Phi) is 4.24. The number of urea groups is 1. The van der Waals surface area contributed by atoms with Crippen LogP contribution in [0.3, 0.4) is 0 Å². The van der Waals surface area contributed by atoms with Crippen LogP contribution >= 0.6 is 0 Å². The number of rotatable bonds is 3. The number of hydrogen-bond acceptors (Lipinski definition) is 3. The molecule has 122 valence electrons. The molecule has 3 rings (SSSR count). The minimum atomic E-state index is -0.443. The number of fused-ring (bicyclic) bond motifs is 1. The average Bonchev–Trinajstić information content (AvgIpc) is 2.59. The normalized spacial score (nSPS) is 10.6. The van der Waals surface area contributed by atoms with Gasteiger partial charge in [0.1, 0.15) is 5.82 Å². The molecule has 0 bridgehead atoms. The summed E-state index contributed by atoms with van der Waals surface area (Å²) >= 11 is 0. The summed E-state index contributed by atoms with van der Waals surface area (Å²) in [7, 11) is 1.57. The lowest BCUT2D eigenvalue weighted by Crippen LogP contribution is -2.30. The quantitative estimate of drug-likeness (QED) is 0.776. The Morgan fingerprint density at radius 1 is 1.12 bits per heavy atom. The van der Waals surface area contributed by atoms with Crippen molar-refractivity contribution in [2.75, 3.05) is 5.32 Å². The van der Waals surface area contributed by atoms with Crippen molar-refractivity contribution < 1.29 is 9.18 Å². The number of nitrogens with zero attached hydrogens (tertiary/aromatic N) is 2. The van der Waals surface area contributed by atoms with Gasteiger partial charge in [0, 0.05) is 18.1 Å². The van der Waals surface area contributed by atoms with Crippen LogP contribution in [0.25, 0.3) is 10.8 Å². The predicted octanol–water partition coefficient (Wildman–Crippen LogP) is 2.39. The van der Waals surface area contributed by atoms with Crippen LogP contribution in [0.15, 0.2) is 53.3 Å². The van der Waals surface area contributed by atoms with Gasteiger partial charge in [-0.25, -0.2) is 13.9 Å². The van der Waals surface area contributed by atoms with Crippen molar-refractivity contribution in [2.45, 2.75) is 6.54 Å². The van der Waals surface area contributed by atoms with Gasteiger partial charge in [-0.05, 0) is 30.3 Å². The van der Waals surface area contributed by atoms with Crippen LogP contribution in [-0.2, 0) is 13.6 Å². The van der Waals surface area contributed by atoms with E-state index >= 15 is 0 Å². The van der Waals surface area contributed by atoms with Gasteiger partial charge >= 0.3 is 6.03 Å². The van der Waals surface area contributed by atoms with E-state index in [4.69, 9.17) is 0 Å². The molecule has 7 heteroatoms. The Balaban J connectivity index is 1.76. The van der Waals surface area contributed by atoms with E-state index in [9.17, 15) is 14.0 Å². The van der Waals surface area contributed by atoms with Crippen molar-refractivity contribution >= 4 is 22.5 Å². The lowest BCUT2D eigenvalue weighted by Gasteiger charge is -2.10. The van der Waals surface area contributed by atoms with Crippen LogP contribution < -0.4 is 16.2 Å². The van der Waals surface area contributed by atoms with E-state index in [1.54, 1.807) is 25.2 Å². The van der Waals surface area contributed by atoms with Crippen molar-refractivity contribution in [2.24, 2.45) is 7.05 Å². The molecule has 0 unspecified atom stereocenters. The van der Waals surface area contributed by atoms with Gasteiger partial charge in [0.05, 0.1) is 17.6 Å². The lowest BCUT2D eigenvalue weighted by molar-refractivity contribution is 0.251. The second-order valence-corrected chi connectivity index (χ2v) is 5.24. The molecule has 2 aromatic carbocycles. The van der Waals surface area contributed by atoms with Gasteiger partial charge < -0.3 is 10.6 Å². The molecule has 2 N–H and O–H groups in total. The first kappa shape index (κ1) is 15.7. The van der Waals surface area contributed by atoms with Crippen molar-refractivity contribution in [1.82, 2.24) is 15.1 Å². The molecule has 1 heterocycles. The molecule has 1 aromatic heterocycles. The average molecular weight is 326 g/mol. The van der Waals surface area contributed by atoms with Crippen LogP contribution in [-0.4, -0.2) is 15.8 Å². The number of amides is 2. The van der Waals surface area contributed by atoms with E-state index in [-0.39, 0.29) is 17.9 Å². The fourth-order valence-electron chi connectivity index (χ4n) is 2.38. The number of aryl methyl sites for hydroxylation is 1. The van der Waals surface area contributed by atoms with E-state index in [2.05, 4.69) is 15.7 Å². The molecule has 0 saturated heterocycles. The molecule has 24 heavy (non-hydrogen) atoms. The largest absolute Gasteiger partial charge is 0.332 e. The molecule has 3 aromatic rings. The fraction of sp³-hybridized carbons (Fsp3) is 0.118. The highest BCUT2D eigenvalue weighted by molar-refractivity contribution is 5.89. The smallest absolute Gasteiger partial charge is 0.319 e. The topological polar surface area (TPSA) is 76.0 Å². The standard InChI is InChI=1S/C17H15FN4O2/c1-22-16(23)14-5-3-2-4-13(14)15(21-22)10-19-17(24)20-12-8-6-11(18)7-9-12/h2-9H,10H2,1H3,(H2,19,20,24). The monoisotopic (exact) mass is 326 g/mol. The molecule has 0 spiro atoms. The van der Waals surface area contributed by atoms with E-state index in [0.29, 0.717) is 22.2 Å². The van der Waals surface area contributed by atoms with Crippen molar-refractivity contribution in [3.8, 4) is 0 Å². The second-order valence-electron chi connectivity index (χ2n) is 5.24. The first-order chi connectivity index (χ1) is 11.5. The molecule has 0 aliphatic heterocycles. The highest BCUT2D eigenvalue weighted by Crippen LogP contribution is 2.13. The summed E-state index contributed by atoms with van der Waals surface area (Å²) in [5.74, 6) is -0.373. The first-order valence-corrected chi connectivity index (χ1v) is 7.30. The molecular weight excluding hydrogens is 311 g/mol. The number of hydrogen-bond donors (Lipinski definition) is 2. The minimum absolute atomic E-state index is 0.154. The van der Waals surface area contributed by atoms with Gasteiger partial charge in [-0.3, -0.25) is 4.79 Å². The third-order valence-electron chi connectivity index (χ3n) is 3.55. The van der Waals surface area contributed by atoms with E-state index < -0.39 is 6.03 Å². The third kappa shape index (κ3) is 3.24. The van der Waals surface area contributed by atoms with Crippen molar-refractivity contribution in [3.63, 3.8) is 0 Å². The van der Waals surface area contributed by atoms with Crippen LogP contribution in [0, 0.1) is 5.82 Å². The summed E-state index contributed by atoms with van der Waals surface area (Å²) in [6.07, 6.45) is 0. The van der Waals surface area contributed by atoms with Crippen molar-refractivity contribution in [1.29, 1.82) is 0 Å². The summed E-state index contributed by atoms with van der Waals surface area (Å²) in [4.78, 5) is 24.0. The van der Waals surface area contributed by atoms with E-state index in [0.717, 1.165) is 0 Å². The number of halogens is 1. The number of benzene rings is 2. The Bertz CT molecular complexity index is 951. The highest BCUT2D eigenvalue weighted by atomic mass is 19.1.